The summed E-state index contributed by atoms with van der Waals surface area (Å²) in [5.74, 6) is 0. The third-order valence-electron chi connectivity index (χ3n) is 2.28. The molecule has 0 spiro atoms. The number of rotatable bonds is 5. The summed E-state index contributed by atoms with van der Waals surface area (Å²) in [6.07, 6.45) is 0.284. The summed E-state index contributed by atoms with van der Waals surface area (Å²) in [6.45, 7) is 1.88. The Labute approximate surface area is 110 Å². The lowest BCUT2D eigenvalue weighted by molar-refractivity contribution is 0.572. The zero-order valence-electron chi connectivity index (χ0n) is 9.35. The summed E-state index contributed by atoms with van der Waals surface area (Å²) in [5, 5.41) is 7.73. The van der Waals surface area contributed by atoms with Crippen LogP contribution in [0.2, 0.25) is 0 Å². The van der Waals surface area contributed by atoms with E-state index in [0.29, 0.717) is 0 Å². The molecular weight excluding hydrogens is 304 g/mol. The van der Waals surface area contributed by atoms with Gasteiger partial charge in [0.25, 0.3) is 0 Å². The highest BCUT2D eigenvalue weighted by Crippen LogP contribution is 2.11. The van der Waals surface area contributed by atoms with E-state index in [1.54, 1.807) is 13.0 Å². The van der Waals surface area contributed by atoms with Crippen molar-refractivity contribution in [1.29, 1.82) is 5.26 Å². The number of hydrogen-bond acceptors (Lipinski definition) is 3. The Kier molecular flexibility index (Phi) is 5.12. The molecule has 0 aliphatic heterocycles. The van der Waals surface area contributed by atoms with Gasteiger partial charge in [-0.25, -0.2) is 13.1 Å². The van der Waals surface area contributed by atoms with E-state index < -0.39 is 15.3 Å². The minimum atomic E-state index is -3.55. The predicted molar refractivity (Wildman–Crippen MR) is 69.6 cm³/mol. The van der Waals surface area contributed by atoms with Gasteiger partial charge in [-0.2, -0.15) is 5.26 Å². The molecule has 92 valence electrons. The van der Waals surface area contributed by atoms with E-state index in [0.717, 1.165) is 10.0 Å². The molecule has 1 unspecified atom stereocenters. The SMILES string of the molecule is CCC(C#N)S(=O)(=O)NCc1ccc(Br)cc1. The number of hydrogen-bond donors (Lipinski definition) is 1. The molecule has 0 aliphatic rings. The number of benzene rings is 1. The maximum absolute atomic E-state index is 11.7. The van der Waals surface area contributed by atoms with Crippen LogP contribution in [-0.2, 0) is 16.6 Å². The highest BCUT2D eigenvalue weighted by Gasteiger charge is 2.22. The molecule has 1 atom stereocenters. The van der Waals surface area contributed by atoms with E-state index in [4.69, 9.17) is 5.26 Å². The summed E-state index contributed by atoms with van der Waals surface area (Å²) in [5.41, 5.74) is 0.851. The molecule has 1 aromatic carbocycles. The summed E-state index contributed by atoms with van der Waals surface area (Å²) in [4.78, 5) is 0. The lowest BCUT2D eigenvalue weighted by atomic mass is 10.2. The van der Waals surface area contributed by atoms with E-state index in [1.165, 1.54) is 0 Å². The van der Waals surface area contributed by atoms with Crippen LogP contribution < -0.4 is 4.72 Å². The highest BCUT2D eigenvalue weighted by molar-refractivity contribution is 9.10. The first kappa shape index (κ1) is 14.2. The van der Waals surface area contributed by atoms with Gasteiger partial charge < -0.3 is 0 Å². The van der Waals surface area contributed by atoms with Crippen LogP contribution in [0.25, 0.3) is 0 Å². The zero-order valence-corrected chi connectivity index (χ0v) is 11.8. The van der Waals surface area contributed by atoms with Crippen LogP contribution in [0.15, 0.2) is 28.7 Å². The average Bonchev–Trinajstić information content (AvgIpc) is 2.29. The summed E-state index contributed by atoms with van der Waals surface area (Å²) in [6, 6.07) is 9.10. The van der Waals surface area contributed by atoms with Gasteiger partial charge in [0, 0.05) is 11.0 Å². The summed E-state index contributed by atoms with van der Waals surface area (Å²) >= 11 is 3.30. The molecule has 0 heterocycles. The molecule has 6 heteroatoms. The fraction of sp³-hybridized carbons (Fsp3) is 0.364. The minimum absolute atomic E-state index is 0.202. The molecular formula is C11H13BrN2O2S. The Balaban J connectivity index is 2.68. The van der Waals surface area contributed by atoms with Gasteiger partial charge in [-0.1, -0.05) is 35.0 Å². The molecule has 0 saturated heterocycles. The van der Waals surface area contributed by atoms with E-state index in [2.05, 4.69) is 20.7 Å². The molecule has 4 nitrogen and oxygen atoms in total. The number of nitrogens with one attached hydrogen (secondary N) is 1. The molecule has 0 radical (unpaired) electrons. The number of halogens is 1. The number of sulfonamides is 1. The number of nitriles is 1. The first-order valence-corrected chi connectivity index (χ1v) is 7.46. The third-order valence-corrected chi connectivity index (χ3v) is 4.54. The Morgan fingerprint density at radius 2 is 2.00 bits per heavy atom. The first-order valence-electron chi connectivity index (χ1n) is 5.12. The van der Waals surface area contributed by atoms with Crippen molar-refractivity contribution in [3.63, 3.8) is 0 Å². The van der Waals surface area contributed by atoms with Gasteiger partial charge in [0.05, 0.1) is 6.07 Å². The maximum atomic E-state index is 11.7. The van der Waals surface area contributed by atoms with Gasteiger partial charge in [0.2, 0.25) is 10.0 Å². The number of nitrogens with zero attached hydrogens (tertiary/aromatic N) is 1. The summed E-state index contributed by atoms with van der Waals surface area (Å²) in [7, 11) is -3.55. The van der Waals surface area contributed by atoms with Gasteiger partial charge >= 0.3 is 0 Å². The van der Waals surface area contributed by atoms with Crippen LogP contribution in [-0.4, -0.2) is 13.7 Å². The van der Waals surface area contributed by atoms with Crippen LogP contribution in [0.4, 0.5) is 0 Å². The van der Waals surface area contributed by atoms with Crippen molar-refractivity contribution in [1.82, 2.24) is 4.72 Å². The Morgan fingerprint density at radius 3 is 2.47 bits per heavy atom. The molecule has 0 saturated carbocycles. The van der Waals surface area contributed by atoms with E-state index in [1.807, 2.05) is 24.3 Å². The van der Waals surface area contributed by atoms with Crippen LogP contribution in [0, 0.1) is 11.3 Å². The molecule has 0 aliphatic carbocycles. The monoisotopic (exact) mass is 316 g/mol. The highest BCUT2D eigenvalue weighted by atomic mass is 79.9. The molecule has 0 bridgehead atoms. The van der Waals surface area contributed by atoms with Crippen molar-refractivity contribution in [3.8, 4) is 6.07 Å². The van der Waals surface area contributed by atoms with Crippen molar-refractivity contribution < 1.29 is 8.42 Å². The Bertz CT molecular complexity index is 505. The predicted octanol–water partition coefficient (Wildman–Crippen LogP) is 2.17. The van der Waals surface area contributed by atoms with Crippen molar-refractivity contribution in [3.05, 3.63) is 34.3 Å². The Hall–Kier alpha value is -0.900. The first-order chi connectivity index (χ1) is 7.99. The van der Waals surface area contributed by atoms with Gasteiger partial charge in [0.15, 0.2) is 5.25 Å². The largest absolute Gasteiger partial charge is 0.228 e. The van der Waals surface area contributed by atoms with E-state index >= 15 is 0 Å². The van der Waals surface area contributed by atoms with Crippen LogP contribution in [0.3, 0.4) is 0 Å². The second-order valence-electron chi connectivity index (χ2n) is 3.52. The van der Waals surface area contributed by atoms with Crippen molar-refractivity contribution >= 4 is 26.0 Å². The van der Waals surface area contributed by atoms with Crippen LogP contribution in [0.5, 0.6) is 0 Å². The Morgan fingerprint density at radius 1 is 1.41 bits per heavy atom. The second-order valence-corrected chi connectivity index (χ2v) is 6.38. The zero-order chi connectivity index (χ0) is 12.9. The molecule has 0 aromatic heterocycles. The van der Waals surface area contributed by atoms with Gasteiger partial charge in [0.1, 0.15) is 0 Å². The molecule has 17 heavy (non-hydrogen) atoms. The lowest BCUT2D eigenvalue weighted by Crippen LogP contribution is -2.32. The smallest absolute Gasteiger partial charge is 0.211 e. The van der Waals surface area contributed by atoms with E-state index in [9.17, 15) is 8.42 Å². The van der Waals surface area contributed by atoms with Crippen molar-refractivity contribution in [2.45, 2.75) is 25.1 Å². The summed E-state index contributed by atoms with van der Waals surface area (Å²) < 4.78 is 26.7. The fourth-order valence-electron chi connectivity index (χ4n) is 1.27. The molecule has 1 rings (SSSR count). The second kappa shape index (κ2) is 6.15. The molecule has 1 aromatic rings. The van der Waals surface area contributed by atoms with Gasteiger partial charge in [-0.05, 0) is 24.1 Å². The van der Waals surface area contributed by atoms with E-state index in [-0.39, 0.29) is 13.0 Å². The molecule has 0 fully saturated rings. The topological polar surface area (TPSA) is 70.0 Å². The van der Waals surface area contributed by atoms with Crippen molar-refractivity contribution in [2.75, 3.05) is 0 Å². The average molecular weight is 317 g/mol. The maximum Gasteiger partial charge on any atom is 0.228 e. The van der Waals surface area contributed by atoms with Crippen LogP contribution >= 0.6 is 15.9 Å². The normalized spacial score (nSPS) is 13.0. The lowest BCUT2D eigenvalue weighted by Gasteiger charge is -2.09. The third kappa shape index (κ3) is 4.11. The minimum Gasteiger partial charge on any atom is -0.211 e. The standard InChI is InChI=1S/C11H13BrN2O2S/c1-2-11(7-13)17(15,16)14-8-9-3-5-10(12)6-4-9/h3-6,11,14H,2,8H2,1H3. The van der Waals surface area contributed by atoms with Crippen LogP contribution in [0.1, 0.15) is 18.9 Å². The fourth-order valence-corrected chi connectivity index (χ4v) is 2.68. The van der Waals surface area contributed by atoms with Crippen molar-refractivity contribution in [2.24, 2.45) is 0 Å². The quantitative estimate of drug-likeness (QED) is 0.905. The molecule has 1 N–H and O–H groups in total. The molecule has 0 amide bonds. The van der Waals surface area contributed by atoms with Gasteiger partial charge in [-0.15, -0.1) is 0 Å². The van der Waals surface area contributed by atoms with Gasteiger partial charge in [-0.3, -0.25) is 0 Å².